The molecule has 0 amide bonds. The van der Waals surface area contributed by atoms with Crippen molar-refractivity contribution >= 4 is 0 Å². The van der Waals surface area contributed by atoms with Crippen molar-refractivity contribution in [2.24, 2.45) is 0 Å². The molecule has 0 unspecified atom stereocenters. The van der Waals surface area contributed by atoms with Gasteiger partial charge >= 0.3 is 0 Å². The number of nitrogens with zero attached hydrogens (tertiary/aromatic N) is 1. The lowest BCUT2D eigenvalue weighted by Gasteiger charge is -2.03. The van der Waals surface area contributed by atoms with Gasteiger partial charge in [-0.05, 0) is 18.6 Å². The fraction of sp³-hybridized carbons (Fsp3) is 0.375. The summed E-state index contributed by atoms with van der Waals surface area (Å²) in [5.41, 5.74) is 1.61. The van der Waals surface area contributed by atoms with Crippen LogP contribution >= 0.6 is 0 Å². The molecular weight excluding hydrogens is 142 g/mol. The molecule has 0 radical (unpaired) electrons. The van der Waals surface area contributed by atoms with Gasteiger partial charge < -0.3 is 9.84 Å². The molecule has 11 heavy (non-hydrogen) atoms. The third-order valence-electron chi connectivity index (χ3n) is 1.50. The molecule has 1 aromatic heterocycles. The van der Waals surface area contributed by atoms with Crippen LogP contribution in [0, 0.1) is 6.92 Å². The zero-order chi connectivity index (χ0) is 8.27. The second-order valence-electron chi connectivity index (χ2n) is 2.29. The zero-order valence-electron chi connectivity index (χ0n) is 6.66. The molecule has 3 nitrogen and oxygen atoms in total. The first-order chi connectivity index (χ1) is 5.27. The van der Waals surface area contributed by atoms with E-state index in [1.807, 2.05) is 6.92 Å². The van der Waals surface area contributed by atoms with Gasteiger partial charge in [0.25, 0.3) is 0 Å². The van der Waals surface area contributed by atoms with Crippen LogP contribution in [-0.4, -0.2) is 17.2 Å². The number of hydrogen-bond donors (Lipinski definition) is 1. The molecule has 0 spiro atoms. The fourth-order valence-corrected chi connectivity index (χ4v) is 0.847. The van der Waals surface area contributed by atoms with Crippen LogP contribution in [0.25, 0.3) is 0 Å². The number of methoxy groups -OCH3 is 1. The highest BCUT2D eigenvalue weighted by Gasteiger charge is 1.99. The monoisotopic (exact) mass is 153 g/mol. The van der Waals surface area contributed by atoms with Gasteiger partial charge in [0.1, 0.15) is 5.75 Å². The Labute approximate surface area is 65.7 Å². The summed E-state index contributed by atoms with van der Waals surface area (Å²) < 4.78 is 5.01. The Balaban J connectivity index is 3.02. The summed E-state index contributed by atoms with van der Waals surface area (Å²) in [6.07, 6.45) is 1.64. The topological polar surface area (TPSA) is 42.4 Å². The Kier molecular flexibility index (Phi) is 2.44. The molecule has 3 heteroatoms. The summed E-state index contributed by atoms with van der Waals surface area (Å²) in [7, 11) is 1.59. The Morgan fingerprint density at radius 1 is 1.64 bits per heavy atom. The fourth-order valence-electron chi connectivity index (χ4n) is 0.847. The third kappa shape index (κ3) is 1.68. The van der Waals surface area contributed by atoms with E-state index in [9.17, 15) is 0 Å². The van der Waals surface area contributed by atoms with Crippen molar-refractivity contribution in [3.8, 4) is 5.75 Å². The van der Waals surface area contributed by atoms with Gasteiger partial charge in [-0.1, -0.05) is 0 Å². The van der Waals surface area contributed by atoms with E-state index < -0.39 is 0 Å². The van der Waals surface area contributed by atoms with Gasteiger partial charge in [-0.2, -0.15) is 0 Å². The van der Waals surface area contributed by atoms with Crippen molar-refractivity contribution in [3.63, 3.8) is 0 Å². The average Bonchev–Trinajstić information content (AvgIpc) is 2.05. The highest BCUT2D eigenvalue weighted by atomic mass is 16.5. The molecule has 0 aliphatic heterocycles. The van der Waals surface area contributed by atoms with Crippen molar-refractivity contribution in [1.82, 2.24) is 4.98 Å². The number of aliphatic hydroxyl groups is 1. The molecule has 1 heterocycles. The van der Waals surface area contributed by atoms with Crippen LogP contribution in [-0.2, 0) is 6.61 Å². The number of rotatable bonds is 2. The van der Waals surface area contributed by atoms with E-state index in [2.05, 4.69) is 4.98 Å². The minimum Gasteiger partial charge on any atom is -0.495 e. The first-order valence-corrected chi connectivity index (χ1v) is 3.38. The van der Waals surface area contributed by atoms with Crippen LogP contribution in [0.1, 0.15) is 11.3 Å². The summed E-state index contributed by atoms with van der Waals surface area (Å²) >= 11 is 0. The minimum absolute atomic E-state index is 0.00361. The minimum atomic E-state index is 0.00361. The number of hydrogen-bond acceptors (Lipinski definition) is 3. The number of aliphatic hydroxyl groups excluding tert-OH is 1. The largest absolute Gasteiger partial charge is 0.495 e. The predicted molar refractivity (Wildman–Crippen MR) is 41.4 cm³/mol. The highest BCUT2D eigenvalue weighted by Crippen LogP contribution is 2.15. The molecule has 0 aliphatic carbocycles. The standard InChI is InChI=1S/C8H11NO2/c1-6-8(11-2)3-7(5-10)4-9-6/h3-4,10H,5H2,1-2H3. The van der Waals surface area contributed by atoms with Gasteiger partial charge in [-0.25, -0.2) is 0 Å². The molecule has 0 atom stereocenters. The highest BCUT2D eigenvalue weighted by molar-refractivity contribution is 5.29. The molecule has 0 aliphatic rings. The summed E-state index contributed by atoms with van der Waals surface area (Å²) in [6.45, 7) is 1.86. The molecular formula is C8H11NO2. The van der Waals surface area contributed by atoms with Gasteiger partial charge in [0, 0.05) is 6.20 Å². The van der Waals surface area contributed by atoms with Crippen molar-refractivity contribution in [3.05, 3.63) is 23.5 Å². The smallest absolute Gasteiger partial charge is 0.140 e. The van der Waals surface area contributed by atoms with Crippen molar-refractivity contribution in [1.29, 1.82) is 0 Å². The van der Waals surface area contributed by atoms with Gasteiger partial charge in [-0.15, -0.1) is 0 Å². The Hall–Kier alpha value is -1.09. The van der Waals surface area contributed by atoms with Crippen LogP contribution in [0.4, 0.5) is 0 Å². The molecule has 60 valence electrons. The first kappa shape index (κ1) is 8.01. The molecule has 0 bridgehead atoms. The van der Waals surface area contributed by atoms with E-state index >= 15 is 0 Å². The Morgan fingerprint density at radius 2 is 2.36 bits per heavy atom. The van der Waals surface area contributed by atoms with Crippen LogP contribution in [0.3, 0.4) is 0 Å². The lowest BCUT2D eigenvalue weighted by Crippen LogP contribution is -1.93. The molecule has 1 rings (SSSR count). The van der Waals surface area contributed by atoms with Crippen LogP contribution in [0.2, 0.25) is 0 Å². The normalized spacial score (nSPS) is 9.73. The predicted octanol–water partition coefficient (Wildman–Crippen LogP) is 0.891. The van der Waals surface area contributed by atoms with E-state index in [1.165, 1.54) is 0 Å². The van der Waals surface area contributed by atoms with E-state index in [4.69, 9.17) is 9.84 Å². The quantitative estimate of drug-likeness (QED) is 0.686. The van der Waals surface area contributed by atoms with Crippen molar-refractivity contribution in [2.75, 3.05) is 7.11 Å². The number of ether oxygens (including phenoxy) is 1. The molecule has 1 aromatic rings. The van der Waals surface area contributed by atoms with E-state index in [0.717, 1.165) is 17.0 Å². The number of aromatic nitrogens is 1. The molecule has 0 fully saturated rings. The van der Waals surface area contributed by atoms with Crippen LogP contribution in [0.5, 0.6) is 5.75 Å². The summed E-state index contributed by atoms with van der Waals surface area (Å²) in [5, 5.41) is 8.75. The molecule has 0 saturated heterocycles. The van der Waals surface area contributed by atoms with E-state index in [1.54, 1.807) is 19.4 Å². The maximum Gasteiger partial charge on any atom is 0.140 e. The second kappa shape index (κ2) is 3.34. The Morgan fingerprint density at radius 3 is 2.91 bits per heavy atom. The van der Waals surface area contributed by atoms with Gasteiger partial charge in [0.05, 0.1) is 19.4 Å². The third-order valence-corrected chi connectivity index (χ3v) is 1.50. The maximum absolute atomic E-state index is 8.75. The van der Waals surface area contributed by atoms with Gasteiger partial charge in [-0.3, -0.25) is 4.98 Å². The maximum atomic E-state index is 8.75. The Bertz CT molecular complexity index is 248. The van der Waals surface area contributed by atoms with Crippen LogP contribution < -0.4 is 4.74 Å². The van der Waals surface area contributed by atoms with Crippen LogP contribution in [0.15, 0.2) is 12.3 Å². The van der Waals surface area contributed by atoms with Crippen molar-refractivity contribution in [2.45, 2.75) is 13.5 Å². The molecule has 0 saturated carbocycles. The lowest BCUT2D eigenvalue weighted by atomic mass is 10.2. The lowest BCUT2D eigenvalue weighted by molar-refractivity contribution is 0.280. The first-order valence-electron chi connectivity index (χ1n) is 3.38. The zero-order valence-corrected chi connectivity index (χ0v) is 6.66. The SMILES string of the molecule is COc1cc(CO)cnc1C. The summed E-state index contributed by atoms with van der Waals surface area (Å²) in [4.78, 5) is 4.04. The molecule has 0 aromatic carbocycles. The second-order valence-corrected chi connectivity index (χ2v) is 2.29. The van der Waals surface area contributed by atoms with Gasteiger partial charge in [0.15, 0.2) is 0 Å². The average molecular weight is 153 g/mol. The molecule has 1 N–H and O–H groups in total. The van der Waals surface area contributed by atoms with E-state index in [0.29, 0.717) is 0 Å². The van der Waals surface area contributed by atoms with Gasteiger partial charge in [0.2, 0.25) is 0 Å². The van der Waals surface area contributed by atoms with E-state index in [-0.39, 0.29) is 6.61 Å². The summed E-state index contributed by atoms with van der Waals surface area (Å²) in [6, 6.07) is 1.78. The van der Waals surface area contributed by atoms with Crippen molar-refractivity contribution < 1.29 is 9.84 Å². The number of aryl methyl sites for hydroxylation is 1. The number of pyridine rings is 1. The summed E-state index contributed by atoms with van der Waals surface area (Å²) in [5.74, 6) is 0.719.